The van der Waals surface area contributed by atoms with Gasteiger partial charge in [0.25, 0.3) is 0 Å². The predicted molar refractivity (Wildman–Crippen MR) is 141 cm³/mol. The number of fused-ring (bicyclic) bond motifs is 1. The molecule has 7 heteroatoms. The van der Waals surface area contributed by atoms with Crippen LogP contribution in [0.3, 0.4) is 0 Å². The maximum Gasteiger partial charge on any atom is 0.407 e. The number of carbonyl (C=O) groups excluding carboxylic acids is 1. The van der Waals surface area contributed by atoms with E-state index in [9.17, 15) is 4.79 Å². The molecule has 1 N–H and O–H groups in total. The second-order valence-corrected chi connectivity index (χ2v) is 10.2. The van der Waals surface area contributed by atoms with Crippen LogP contribution in [0.25, 0.3) is 33.4 Å². The van der Waals surface area contributed by atoms with E-state index in [0.29, 0.717) is 17.4 Å². The first-order valence-electron chi connectivity index (χ1n) is 12.2. The van der Waals surface area contributed by atoms with Crippen molar-refractivity contribution in [2.75, 3.05) is 6.61 Å². The topological polar surface area (TPSA) is 86.5 Å². The zero-order valence-corrected chi connectivity index (χ0v) is 21.4. The van der Waals surface area contributed by atoms with E-state index < -0.39 is 11.7 Å². The lowest BCUT2D eigenvalue weighted by Crippen LogP contribution is -2.42. The monoisotopic (exact) mass is 487 g/mol. The molecule has 0 unspecified atom stereocenters. The van der Waals surface area contributed by atoms with Crippen molar-refractivity contribution >= 4 is 17.0 Å². The van der Waals surface area contributed by atoms with Crippen LogP contribution in [-0.4, -0.2) is 34.5 Å². The number of benzene rings is 2. The van der Waals surface area contributed by atoms with Gasteiger partial charge >= 0.3 is 6.09 Å². The van der Waals surface area contributed by atoms with Gasteiger partial charge in [0.1, 0.15) is 18.0 Å². The Morgan fingerprint density at radius 2 is 1.83 bits per heavy atom. The van der Waals surface area contributed by atoms with E-state index in [1.165, 1.54) is 0 Å². The van der Waals surface area contributed by atoms with Gasteiger partial charge in [-0.3, -0.25) is 4.98 Å². The average molecular weight is 488 g/mol. The summed E-state index contributed by atoms with van der Waals surface area (Å²) in [6, 6.07) is 17.6. The van der Waals surface area contributed by atoms with Gasteiger partial charge < -0.3 is 19.3 Å². The molecule has 0 fully saturated rings. The van der Waals surface area contributed by atoms with Crippen LogP contribution in [-0.2, 0) is 4.74 Å². The Labute approximate surface area is 211 Å². The van der Waals surface area contributed by atoms with Gasteiger partial charge in [-0.15, -0.1) is 0 Å². The molecule has 2 aromatic heterocycles. The highest BCUT2D eigenvalue weighted by Crippen LogP contribution is 2.36. The first-order valence-corrected chi connectivity index (χ1v) is 12.2. The molecule has 0 aliphatic rings. The fourth-order valence-electron chi connectivity index (χ4n) is 4.12. The summed E-state index contributed by atoms with van der Waals surface area (Å²) >= 11 is 0. The third-order valence-corrected chi connectivity index (χ3v) is 5.56. The van der Waals surface area contributed by atoms with Crippen molar-refractivity contribution < 1.29 is 18.8 Å². The quantitative estimate of drug-likeness (QED) is 0.292. The number of para-hydroxylation sites is 1. The molecule has 4 aromatic rings. The predicted octanol–water partition coefficient (Wildman–Crippen LogP) is 6.88. The molecular formula is C29H33N3O4. The van der Waals surface area contributed by atoms with Crippen LogP contribution in [0.4, 0.5) is 4.79 Å². The highest BCUT2D eigenvalue weighted by atomic mass is 16.6. The van der Waals surface area contributed by atoms with Gasteiger partial charge in [-0.1, -0.05) is 43.3 Å². The molecule has 7 nitrogen and oxygen atoms in total. The van der Waals surface area contributed by atoms with Crippen LogP contribution < -0.4 is 10.1 Å². The Balaban J connectivity index is 1.62. The lowest BCUT2D eigenvalue weighted by molar-refractivity contribution is 0.0480. The molecule has 0 saturated heterocycles. The Morgan fingerprint density at radius 1 is 1.03 bits per heavy atom. The molecule has 0 spiro atoms. The third kappa shape index (κ3) is 6.42. The average Bonchev–Trinajstić information content (AvgIpc) is 3.35. The Hall–Kier alpha value is -3.87. The summed E-state index contributed by atoms with van der Waals surface area (Å²) in [5, 5.41) is 7.91. The highest BCUT2D eigenvalue weighted by Gasteiger charge is 2.22. The second-order valence-electron chi connectivity index (χ2n) is 10.2. The Morgan fingerprint density at radius 3 is 2.56 bits per heavy atom. The largest absolute Gasteiger partial charge is 0.491 e. The minimum atomic E-state index is -0.570. The zero-order valence-electron chi connectivity index (χ0n) is 21.4. The summed E-state index contributed by atoms with van der Waals surface area (Å²) in [6.45, 7) is 10.0. The van der Waals surface area contributed by atoms with E-state index in [4.69, 9.17) is 14.0 Å². The van der Waals surface area contributed by atoms with Crippen LogP contribution in [0.5, 0.6) is 5.75 Å². The molecule has 0 saturated carbocycles. The maximum absolute atomic E-state index is 12.4. The lowest BCUT2D eigenvalue weighted by Gasteiger charge is -2.25. The van der Waals surface area contributed by atoms with Crippen LogP contribution in [0.1, 0.15) is 41.0 Å². The van der Waals surface area contributed by atoms with E-state index in [-0.39, 0.29) is 12.6 Å². The molecule has 2 heterocycles. The first kappa shape index (κ1) is 25.2. The van der Waals surface area contributed by atoms with Crippen molar-refractivity contribution in [3.63, 3.8) is 0 Å². The highest BCUT2D eigenvalue weighted by molar-refractivity contribution is 5.95. The van der Waals surface area contributed by atoms with E-state index in [1.807, 2.05) is 69.4 Å². The molecule has 1 amide bonds. The standard InChI is InChI=1S/C29H33N3O4/c1-19(2)16-21(32-28(33)35-29(3,4)5)18-34-26-11-10-20(17-24(26)27-13-15-31-36-27)22-12-14-30-25-9-7-6-8-23(22)25/h6-15,17,19,21H,16,18H2,1-5H3,(H,32,33)/t21-/m0/s1. The minimum Gasteiger partial charge on any atom is -0.491 e. The van der Waals surface area contributed by atoms with Crippen molar-refractivity contribution in [2.24, 2.45) is 5.92 Å². The van der Waals surface area contributed by atoms with Crippen molar-refractivity contribution in [1.29, 1.82) is 0 Å². The van der Waals surface area contributed by atoms with Crippen molar-refractivity contribution in [3.05, 3.63) is 67.0 Å². The summed E-state index contributed by atoms with van der Waals surface area (Å²) in [4.78, 5) is 16.9. The molecule has 36 heavy (non-hydrogen) atoms. The maximum atomic E-state index is 12.4. The van der Waals surface area contributed by atoms with Gasteiger partial charge in [-0.2, -0.15) is 0 Å². The van der Waals surface area contributed by atoms with Crippen molar-refractivity contribution in [3.8, 4) is 28.2 Å². The van der Waals surface area contributed by atoms with E-state index >= 15 is 0 Å². The molecule has 1 atom stereocenters. The van der Waals surface area contributed by atoms with Crippen LogP contribution in [0.15, 0.2) is 71.5 Å². The number of alkyl carbamates (subject to hydrolysis) is 1. The molecule has 4 rings (SSSR count). The Kier molecular flexibility index (Phi) is 7.58. The van der Waals surface area contributed by atoms with Crippen LogP contribution >= 0.6 is 0 Å². The van der Waals surface area contributed by atoms with Gasteiger partial charge in [-0.05, 0) is 68.5 Å². The summed E-state index contributed by atoms with van der Waals surface area (Å²) in [5.41, 5.74) is 3.22. The molecule has 0 aliphatic heterocycles. The van der Waals surface area contributed by atoms with Gasteiger partial charge in [0.05, 0.1) is 23.3 Å². The fourth-order valence-corrected chi connectivity index (χ4v) is 4.12. The number of nitrogens with zero attached hydrogens (tertiary/aromatic N) is 2. The van der Waals surface area contributed by atoms with Crippen molar-refractivity contribution in [1.82, 2.24) is 15.5 Å². The number of hydrogen-bond acceptors (Lipinski definition) is 6. The van der Waals surface area contributed by atoms with Gasteiger partial charge in [0.15, 0.2) is 5.76 Å². The van der Waals surface area contributed by atoms with Crippen molar-refractivity contribution in [2.45, 2.75) is 52.7 Å². The molecule has 2 aromatic carbocycles. The lowest BCUT2D eigenvalue weighted by atomic mass is 9.98. The molecule has 0 aliphatic carbocycles. The summed E-state index contributed by atoms with van der Waals surface area (Å²) in [6.07, 6.45) is 3.72. The number of pyridine rings is 1. The smallest absolute Gasteiger partial charge is 0.407 e. The van der Waals surface area contributed by atoms with Gasteiger partial charge in [0, 0.05) is 17.6 Å². The number of carbonyl (C=O) groups is 1. The Bertz CT molecular complexity index is 1300. The molecule has 0 radical (unpaired) electrons. The number of hydrogen-bond donors (Lipinski definition) is 1. The zero-order chi connectivity index (χ0) is 25.7. The van der Waals surface area contributed by atoms with E-state index in [2.05, 4.69) is 35.4 Å². The van der Waals surface area contributed by atoms with Gasteiger partial charge in [0.2, 0.25) is 0 Å². The molecular weight excluding hydrogens is 454 g/mol. The summed E-state index contributed by atoms with van der Waals surface area (Å²) < 4.78 is 17.2. The minimum absolute atomic E-state index is 0.216. The molecule has 188 valence electrons. The summed E-state index contributed by atoms with van der Waals surface area (Å²) in [5.74, 6) is 1.61. The fraction of sp³-hybridized carbons (Fsp3) is 0.345. The number of nitrogens with one attached hydrogen (secondary N) is 1. The SMILES string of the molecule is CC(C)C[C@@H](COc1ccc(-c2ccnc3ccccc23)cc1-c1ccno1)NC(=O)OC(C)(C)C. The number of amides is 1. The molecule has 0 bridgehead atoms. The van der Waals surface area contributed by atoms with Gasteiger partial charge in [-0.25, -0.2) is 4.79 Å². The first-order chi connectivity index (χ1) is 17.2. The number of ether oxygens (including phenoxy) is 2. The van der Waals surface area contributed by atoms with Crippen LogP contribution in [0, 0.1) is 5.92 Å². The van der Waals surface area contributed by atoms with E-state index in [0.717, 1.165) is 34.0 Å². The van der Waals surface area contributed by atoms with Crippen LogP contribution in [0.2, 0.25) is 0 Å². The number of rotatable bonds is 8. The second kappa shape index (κ2) is 10.8. The number of aromatic nitrogens is 2. The third-order valence-electron chi connectivity index (χ3n) is 5.56. The normalized spacial score (nSPS) is 12.5. The van der Waals surface area contributed by atoms with E-state index in [1.54, 1.807) is 12.3 Å². The summed E-state index contributed by atoms with van der Waals surface area (Å²) in [7, 11) is 0.